The topological polar surface area (TPSA) is 47.6 Å². The Morgan fingerprint density at radius 3 is 2.38 bits per heavy atom. The molecule has 0 spiro atoms. The molecule has 0 fully saturated rings. The number of ether oxygens (including phenoxy) is 1. The highest BCUT2D eigenvalue weighted by Gasteiger charge is 1.93. The molecule has 0 saturated heterocycles. The molecule has 0 aliphatic carbocycles. The van der Waals surface area contributed by atoms with Gasteiger partial charge in [0.05, 0.1) is 6.10 Å². The first kappa shape index (κ1) is 7.56. The fourth-order valence-electron chi connectivity index (χ4n) is 0.261. The number of amidine groups is 1. The number of nitrogens with two attached hydrogens (primary N) is 1. The lowest BCUT2D eigenvalue weighted by atomic mass is 10.5. The number of rotatable bonds is 1. The van der Waals surface area contributed by atoms with E-state index in [0.29, 0.717) is 0 Å². The van der Waals surface area contributed by atoms with Crippen LogP contribution in [0.5, 0.6) is 0 Å². The number of hydrogen-bond acceptors (Lipinski definition) is 2. The van der Waals surface area contributed by atoms with Crippen LogP contribution in [0.1, 0.15) is 13.8 Å². The van der Waals surface area contributed by atoms with Crippen LogP contribution in [0.4, 0.5) is 0 Å². The van der Waals surface area contributed by atoms with Crippen molar-refractivity contribution >= 4 is 17.8 Å². The number of nitrogens with zero attached hydrogens (tertiary/aromatic N) is 1. The van der Waals surface area contributed by atoms with Crippen LogP contribution in [0.15, 0.2) is 4.51 Å². The Balaban J connectivity index is 3.39. The highest BCUT2D eigenvalue weighted by Crippen LogP contribution is 1.87. The van der Waals surface area contributed by atoms with Gasteiger partial charge in [-0.3, -0.25) is 0 Å². The molecule has 4 heteroatoms. The van der Waals surface area contributed by atoms with Crippen molar-refractivity contribution in [3.05, 3.63) is 0 Å². The summed E-state index contributed by atoms with van der Waals surface area (Å²) in [6.45, 7) is 3.68. The Labute approximate surface area is 53.6 Å². The molecule has 0 aromatic rings. The summed E-state index contributed by atoms with van der Waals surface area (Å²) in [5, 5.41) is 0. The lowest BCUT2D eigenvalue weighted by Crippen LogP contribution is -2.19. The lowest BCUT2D eigenvalue weighted by Gasteiger charge is -2.04. The van der Waals surface area contributed by atoms with E-state index in [4.69, 9.17) is 22.2 Å². The zero-order valence-electron chi connectivity index (χ0n) is 4.89. The molecule has 0 bridgehead atoms. The molecule has 2 N–H and O–H groups in total. The van der Waals surface area contributed by atoms with Crippen molar-refractivity contribution in [2.75, 3.05) is 0 Å². The van der Waals surface area contributed by atoms with Gasteiger partial charge in [-0.1, -0.05) is 0 Å². The predicted octanol–water partition coefficient (Wildman–Crippen LogP) is 0.880. The second-order valence-electron chi connectivity index (χ2n) is 1.59. The monoisotopic (exact) mass is 136 g/mol. The van der Waals surface area contributed by atoms with Crippen LogP contribution < -0.4 is 5.73 Å². The van der Waals surface area contributed by atoms with E-state index in [1.165, 1.54) is 0 Å². The second-order valence-corrected chi connectivity index (χ2v) is 1.76. The molecule has 0 aliphatic rings. The van der Waals surface area contributed by atoms with Crippen molar-refractivity contribution in [1.29, 1.82) is 0 Å². The molecule has 0 unspecified atom stereocenters. The Morgan fingerprint density at radius 2 is 2.25 bits per heavy atom. The van der Waals surface area contributed by atoms with Gasteiger partial charge in [-0.15, -0.1) is 4.51 Å². The van der Waals surface area contributed by atoms with Crippen LogP contribution in [0.3, 0.4) is 0 Å². The van der Waals surface area contributed by atoms with E-state index in [9.17, 15) is 0 Å². The summed E-state index contributed by atoms with van der Waals surface area (Å²) in [6.07, 6.45) is 0.0394. The van der Waals surface area contributed by atoms with E-state index in [1.807, 2.05) is 13.8 Å². The first-order valence-electron chi connectivity index (χ1n) is 2.28. The Morgan fingerprint density at radius 1 is 1.75 bits per heavy atom. The van der Waals surface area contributed by atoms with Gasteiger partial charge in [0.1, 0.15) is 0 Å². The number of halogens is 1. The third kappa shape index (κ3) is 3.74. The molecule has 0 aliphatic heterocycles. The Kier molecular flexibility index (Phi) is 3.35. The van der Waals surface area contributed by atoms with Gasteiger partial charge in [0.2, 0.25) is 0 Å². The third-order valence-electron chi connectivity index (χ3n) is 0.440. The van der Waals surface area contributed by atoms with E-state index in [0.717, 1.165) is 0 Å². The summed E-state index contributed by atoms with van der Waals surface area (Å²) >= 11 is 4.93. The van der Waals surface area contributed by atoms with Crippen molar-refractivity contribution in [1.82, 2.24) is 0 Å². The Bertz CT molecular complexity index is 92.0. The van der Waals surface area contributed by atoms with E-state index in [2.05, 4.69) is 4.51 Å². The number of hydrogen-bond donors (Lipinski definition) is 1. The largest absolute Gasteiger partial charge is 0.462 e. The summed E-state index contributed by atoms with van der Waals surface area (Å²) in [6, 6.07) is 0.0154. The predicted molar refractivity (Wildman–Crippen MR) is 33.7 cm³/mol. The minimum absolute atomic E-state index is 0.0154. The van der Waals surface area contributed by atoms with Gasteiger partial charge in [0.25, 0.3) is 6.02 Å². The molecule has 3 nitrogen and oxygen atoms in total. The van der Waals surface area contributed by atoms with Crippen LogP contribution >= 0.6 is 11.8 Å². The zero-order chi connectivity index (χ0) is 6.57. The van der Waals surface area contributed by atoms with Crippen molar-refractivity contribution in [3.8, 4) is 0 Å². The third-order valence-corrected chi connectivity index (χ3v) is 0.606. The molecule has 0 atom stereocenters. The van der Waals surface area contributed by atoms with Gasteiger partial charge in [0, 0.05) is 11.8 Å². The van der Waals surface area contributed by atoms with Crippen LogP contribution in [0, 0.1) is 0 Å². The molecule has 0 saturated carbocycles. The van der Waals surface area contributed by atoms with Gasteiger partial charge in [-0.05, 0) is 13.8 Å². The van der Waals surface area contributed by atoms with Crippen LogP contribution in [0.25, 0.3) is 0 Å². The van der Waals surface area contributed by atoms with Gasteiger partial charge in [0.15, 0.2) is 0 Å². The minimum atomic E-state index is 0.0154. The molecule has 0 amide bonds. The fourth-order valence-corrected chi connectivity index (χ4v) is 0.301. The van der Waals surface area contributed by atoms with Crippen LogP contribution in [0.2, 0.25) is 0 Å². The lowest BCUT2D eigenvalue weighted by molar-refractivity contribution is 0.225. The minimum Gasteiger partial charge on any atom is -0.462 e. The average molecular weight is 137 g/mol. The maximum Gasteiger partial charge on any atom is 0.299 e. The summed E-state index contributed by atoms with van der Waals surface area (Å²) in [4.78, 5) is 0. The van der Waals surface area contributed by atoms with Crippen molar-refractivity contribution in [2.24, 2.45) is 10.2 Å². The summed E-state index contributed by atoms with van der Waals surface area (Å²) in [7, 11) is 0. The molecule has 0 rings (SSSR count). The van der Waals surface area contributed by atoms with Crippen molar-refractivity contribution < 1.29 is 4.74 Å². The molecule has 0 aromatic heterocycles. The highest BCUT2D eigenvalue weighted by atomic mass is 35.5. The molecule has 0 radical (unpaired) electrons. The quantitative estimate of drug-likeness (QED) is 0.430. The van der Waals surface area contributed by atoms with E-state index in [1.54, 1.807) is 0 Å². The summed E-state index contributed by atoms with van der Waals surface area (Å²) < 4.78 is 7.87. The molecule has 48 valence electrons. The normalized spacial score (nSPS) is 12.2. The average Bonchev–Trinajstić information content (AvgIpc) is 1.65. The van der Waals surface area contributed by atoms with E-state index >= 15 is 0 Å². The standard InChI is InChI=1S/C4H9ClN2O/c1-3(2)8-4(6)7-5/h3H,1-2H3,(H2,6,7). The first-order chi connectivity index (χ1) is 3.66. The molecular weight excluding hydrogens is 128 g/mol. The maximum absolute atomic E-state index is 5.07. The highest BCUT2D eigenvalue weighted by molar-refractivity contribution is 6.18. The molecule has 0 aromatic carbocycles. The van der Waals surface area contributed by atoms with Gasteiger partial charge >= 0.3 is 0 Å². The second kappa shape index (κ2) is 3.55. The van der Waals surface area contributed by atoms with E-state index in [-0.39, 0.29) is 12.1 Å². The van der Waals surface area contributed by atoms with Crippen molar-refractivity contribution in [2.45, 2.75) is 20.0 Å². The maximum atomic E-state index is 5.07. The van der Waals surface area contributed by atoms with E-state index < -0.39 is 0 Å². The SMILES string of the molecule is CC(C)O/C(N)=N\Cl. The van der Waals surface area contributed by atoms with Crippen molar-refractivity contribution in [3.63, 3.8) is 0 Å². The molecule has 8 heavy (non-hydrogen) atoms. The summed E-state index contributed by atoms with van der Waals surface area (Å²) in [5.41, 5.74) is 5.07. The zero-order valence-corrected chi connectivity index (χ0v) is 5.64. The van der Waals surface area contributed by atoms with Gasteiger partial charge < -0.3 is 10.5 Å². The van der Waals surface area contributed by atoms with Crippen LogP contribution in [-0.2, 0) is 4.74 Å². The molecular formula is C4H9ClN2O. The molecule has 0 heterocycles. The Hall–Kier alpha value is -0.440. The smallest absolute Gasteiger partial charge is 0.299 e. The van der Waals surface area contributed by atoms with Gasteiger partial charge in [-0.2, -0.15) is 0 Å². The van der Waals surface area contributed by atoms with Crippen LogP contribution in [-0.4, -0.2) is 12.1 Å². The summed E-state index contributed by atoms with van der Waals surface area (Å²) in [5.74, 6) is 0. The van der Waals surface area contributed by atoms with Gasteiger partial charge in [-0.25, -0.2) is 0 Å². The first-order valence-corrected chi connectivity index (χ1v) is 2.61. The fraction of sp³-hybridized carbons (Fsp3) is 0.750.